The summed E-state index contributed by atoms with van der Waals surface area (Å²) in [5.41, 5.74) is 2.95. The predicted molar refractivity (Wildman–Crippen MR) is 131 cm³/mol. The highest BCUT2D eigenvalue weighted by Gasteiger charge is 2.35. The lowest BCUT2D eigenvalue weighted by Gasteiger charge is -2.19. The van der Waals surface area contributed by atoms with E-state index in [1.54, 1.807) is 23.8 Å². The maximum Gasteiger partial charge on any atom is 0.271 e. The standard InChI is InChI=1S/C23H22N2O2S3/c1-4-15(21-22(26)25(23(28)30-21)16-9-7-6-8-10-16)13-20-24(5-2)18-14-17(27-3)11-12-19(18)29-20/h6-14H,4-5H2,1-3H3. The van der Waals surface area contributed by atoms with Gasteiger partial charge in [-0.3, -0.25) is 9.69 Å². The predicted octanol–water partition coefficient (Wildman–Crippen LogP) is 6.20. The Morgan fingerprint density at radius 1 is 1.13 bits per heavy atom. The van der Waals surface area contributed by atoms with Crippen LogP contribution in [0.2, 0.25) is 0 Å². The van der Waals surface area contributed by atoms with Gasteiger partial charge < -0.3 is 9.64 Å². The molecule has 2 aromatic rings. The van der Waals surface area contributed by atoms with E-state index in [1.807, 2.05) is 36.4 Å². The molecule has 0 radical (unpaired) electrons. The SMILES string of the molecule is CCC(C=C1Sc2ccc(OC)cc2N1CC)=C1SC(=S)N(c2ccccc2)C1=O. The first-order valence-electron chi connectivity index (χ1n) is 9.77. The molecule has 2 heterocycles. The van der Waals surface area contributed by atoms with Gasteiger partial charge >= 0.3 is 0 Å². The van der Waals surface area contributed by atoms with Crippen molar-refractivity contribution in [3.05, 3.63) is 70.1 Å². The Bertz CT molecular complexity index is 1060. The second-order valence-electron chi connectivity index (χ2n) is 6.71. The average molecular weight is 455 g/mol. The minimum Gasteiger partial charge on any atom is -0.497 e. The zero-order valence-corrected chi connectivity index (χ0v) is 19.5. The summed E-state index contributed by atoms with van der Waals surface area (Å²) < 4.78 is 5.97. The van der Waals surface area contributed by atoms with Crippen molar-refractivity contribution in [3.63, 3.8) is 0 Å². The molecule has 0 N–H and O–H groups in total. The number of allylic oxidation sites excluding steroid dienone is 2. The van der Waals surface area contributed by atoms with Gasteiger partial charge in [-0.1, -0.05) is 60.9 Å². The molecular weight excluding hydrogens is 432 g/mol. The molecule has 1 saturated heterocycles. The van der Waals surface area contributed by atoms with Crippen LogP contribution >= 0.6 is 35.7 Å². The summed E-state index contributed by atoms with van der Waals surface area (Å²) in [7, 11) is 1.68. The van der Waals surface area contributed by atoms with Gasteiger partial charge in [0.15, 0.2) is 4.32 Å². The molecule has 0 atom stereocenters. The van der Waals surface area contributed by atoms with Gasteiger partial charge in [-0.15, -0.1) is 0 Å². The van der Waals surface area contributed by atoms with Crippen LogP contribution in [0.5, 0.6) is 5.75 Å². The van der Waals surface area contributed by atoms with E-state index >= 15 is 0 Å². The number of anilines is 2. The topological polar surface area (TPSA) is 32.8 Å². The molecule has 154 valence electrons. The molecule has 0 saturated carbocycles. The number of thioether (sulfide) groups is 2. The van der Waals surface area contributed by atoms with Crippen LogP contribution in [-0.2, 0) is 4.79 Å². The molecule has 2 aliphatic heterocycles. The molecule has 7 heteroatoms. The Balaban J connectivity index is 1.70. The maximum atomic E-state index is 13.2. The summed E-state index contributed by atoms with van der Waals surface area (Å²) in [6, 6.07) is 15.7. The number of ether oxygens (including phenoxy) is 1. The van der Waals surface area contributed by atoms with Crippen LogP contribution in [0.25, 0.3) is 0 Å². The van der Waals surface area contributed by atoms with E-state index in [2.05, 4.69) is 37.0 Å². The van der Waals surface area contributed by atoms with E-state index in [9.17, 15) is 4.79 Å². The zero-order chi connectivity index (χ0) is 21.3. The molecule has 0 spiro atoms. The third-order valence-electron chi connectivity index (χ3n) is 5.01. The minimum absolute atomic E-state index is 0.0462. The lowest BCUT2D eigenvalue weighted by atomic mass is 10.1. The van der Waals surface area contributed by atoms with Crippen molar-refractivity contribution in [2.45, 2.75) is 25.2 Å². The smallest absolute Gasteiger partial charge is 0.271 e. The van der Waals surface area contributed by atoms with Gasteiger partial charge in [-0.2, -0.15) is 0 Å². The second kappa shape index (κ2) is 8.88. The Morgan fingerprint density at radius 3 is 2.57 bits per heavy atom. The van der Waals surface area contributed by atoms with Gasteiger partial charge in [-0.25, -0.2) is 0 Å². The third kappa shape index (κ3) is 3.77. The van der Waals surface area contributed by atoms with Crippen molar-refractivity contribution in [1.82, 2.24) is 0 Å². The van der Waals surface area contributed by atoms with Gasteiger partial charge in [0.05, 0.1) is 28.4 Å². The van der Waals surface area contributed by atoms with E-state index < -0.39 is 0 Å². The van der Waals surface area contributed by atoms with Crippen molar-refractivity contribution in [3.8, 4) is 5.75 Å². The van der Waals surface area contributed by atoms with Crippen molar-refractivity contribution < 1.29 is 9.53 Å². The summed E-state index contributed by atoms with van der Waals surface area (Å²) >= 11 is 8.65. The molecule has 0 aromatic heterocycles. The molecule has 1 fully saturated rings. The summed E-state index contributed by atoms with van der Waals surface area (Å²) in [5.74, 6) is 0.795. The number of benzene rings is 2. The van der Waals surface area contributed by atoms with Crippen LogP contribution in [0, 0.1) is 0 Å². The highest BCUT2D eigenvalue weighted by molar-refractivity contribution is 8.27. The van der Waals surface area contributed by atoms with E-state index in [-0.39, 0.29) is 5.91 Å². The number of amides is 1. The first kappa shape index (κ1) is 21.0. The number of thiocarbonyl (C=S) groups is 1. The fraction of sp³-hybridized carbons (Fsp3) is 0.217. The Labute approximate surface area is 191 Å². The van der Waals surface area contributed by atoms with Crippen molar-refractivity contribution >= 4 is 57.3 Å². The number of methoxy groups -OCH3 is 1. The number of hydrogen-bond donors (Lipinski definition) is 0. The minimum atomic E-state index is -0.0462. The molecular formula is C23H22N2O2S3. The summed E-state index contributed by atoms with van der Waals surface area (Å²) in [6.45, 7) is 5.04. The number of carbonyl (C=O) groups is 1. The van der Waals surface area contributed by atoms with Crippen molar-refractivity contribution in [1.29, 1.82) is 0 Å². The van der Waals surface area contributed by atoms with Crippen molar-refractivity contribution in [2.24, 2.45) is 0 Å². The Morgan fingerprint density at radius 2 is 1.90 bits per heavy atom. The van der Waals surface area contributed by atoms with E-state index in [1.165, 1.54) is 16.7 Å². The normalized spacial score (nSPS) is 19.0. The lowest BCUT2D eigenvalue weighted by Crippen LogP contribution is -2.27. The average Bonchev–Trinajstić information content (AvgIpc) is 3.27. The fourth-order valence-electron chi connectivity index (χ4n) is 3.48. The van der Waals surface area contributed by atoms with Gasteiger partial charge in [0.25, 0.3) is 5.91 Å². The molecule has 0 unspecified atom stereocenters. The first-order valence-corrected chi connectivity index (χ1v) is 11.8. The molecule has 2 aromatic carbocycles. The molecule has 2 aliphatic rings. The van der Waals surface area contributed by atoms with E-state index in [0.717, 1.165) is 40.7 Å². The Hall–Kier alpha value is -2.22. The van der Waals surface area contributed by atoms with Gasteiger partial charge in [0.2, 0.25) is 0 Å². The quantitative estimate of drug-likeness (QED) is 0.395. The number of rotatable bonds is 5. The highest BCUT2D eigenvalue weighted by atomic mass is 32.2. The molecule has 0 aliphatic carbocycles. The van der Waals surface area contributed by atoms with Crippen LogP contribution in [0.1, 0.15) is 20.3 Å². The van der Waals surface area contributed by atoms with Crippen LogP contribution < -0.4 is 14.5 Å². The summed E-state index contributed by atoms with van der Waals surface area (Å²) in [6.07, 6.45) is 2.89. The zero-order valence-electron chi connectivity index (χ0n) is 17.0. The second-order valence-corrected chi connectivity index (χ2v) is 9.42. The van der Waals surface area contributed by atoms with E-state index in [0.29, 0.717) is 9.23 Å². The van der Waals surface area contributed by atoms with Crippen LogP contribution in [-0.4, -0.2) is 23.9 Å². The monoisotopic (exact) mass is 454 g/mol. The summed E-state index contributed by atoms with van der Waals surface area (Å²) in [5, 5.41) is 1.11. The number of para-hydroxylation sites is 1. The Kier molecular flexibility index (Phi) is 6.22. The number of hydrogen-bond acceptors (Lipinski definition) is 6. The molecule has 4 rings (SSSR count). The maximum absolute atomic E-state index is 13.2. The van der Waals surface area contributed by atoms with Crippen molar-refractivity contribution in [2.75, 3.05) is 23.5 Å². The summed E-state index contributed by atoms with van der Waals surface area (Å²) in [4.78, 5) is 19.0. The lowest BCUT2D eigenvalue weighted by molar-refractivity contribution is -0.113. The fourth-order valence-corrected chi connectivity index (χ4v) is 6.06. The van der Waals surface area contributed by atoms with Gasteiger partial charge in [0.1, 0.15) is 5.75 Å². The molecule has 0 bridgehead atoms. The number of nitrogens with zero attached hydrogens (tertiary/aromatic N) is 2. The largest absolute Gasteiger partial charge is 0.497 e. The first-order chi connectivity index (χ1) is 14.6. The van der Waals surface area contributed by atoms with Crippen LogP contribution in [0.4, 0.5) is 11.4 Å². The number of fused-ring (bicyclic) bond motifs is 1. The molecule has 4 nitrogen and oxygen atoms in total. The number of carbonyl (C=O) groups excluding carboxylic acids is 1. The third-order valence-corrected chi connectivity index (χ3v) is 7.55. The van der Waals surface area contributed by atoms with Crippen LogP contribution in [0.15, 0.2) is 75.0 Å². The highest BCUT2D eigenvalue weighted by Crippen LogP contribution is 2.48. The molecule has 1 amide bonds. The van der Waals surface area contributed by atoms with E-state index in [4.69, 9.17) is 17.0 Å². The van der Waals surface area contributed by atoms with Crippen LogP contribution in [0.3, 0.4) is 0 Å². The molecule has 30 heavy (non-hydrogen) atoms. The van der Waals surface area contributed by atoms with Gasteiger partial charge in [0, 0.05) is 17.5 Å². The van der Waals surface area contributed by atoms with Gasteiger partial charge in [-0.05, 0) is 49.3 Å².